The van der Waals surface area contributed by atoms with E-state index in [9.17, 15) is 19.2 Å². The molecule has 0 bridgehead atoms. The van der Waals surface area contributed by atoms with Crippen LogP contribution in [0.15, 0.2) is 170 Å². The van der Waals surface area contributed by atoms with Gasteiger partial charge in [0.1, 0.15) is 12.4 Å². The lowest BCUT2D eigenvalue weighted by molar-refractivity contribution is -0.158. The van der Waals surface area contributed by atoms with Gasteiger partial charge in [-0.1, -0.05) is 172 Å². The second-order valence-corrected chi connectivity index (χ2v) is 14.5. The molecule has 1 unspecified atom stereocenters. The first kappa shape index (κ1) is 56.0. The molecule has 0 aliphatic carbocycles. The molecule has 1 aromatic carbocycles. The van der Waals surface area contributed by atoms with Gasteiger partial charge < -0.3 is 19.5 Å². The number of allylic oxidation sites excluding steroid dienone is 24. The Balaban J connectivity index is 2.50. The summed E-state index contributed by atoms with van der Waals surface area (Å²) in [4.78, 5) is 50.0. The second kappa shape index (κ2) is 42.3. The van der Waals surface area contributed by atoms with Crippen molar-refractivity contribution in [1.29, 1.82) is 0 Å². The molecule has 0 spiro atoms. The molecule has 0 saturated heterocycles. The minimum Gasteiger partial charge on any atom is -0.462 e. The fraction of sp³-hybridized carbons (Fsp3) is 0.393. The van der Waals surface area contributed by atoms with E-state index in [1.807, 2.05) is 24.3 Å². The normalized spacial score (nSPS) is 13.2. The third-order valence-electron chi connectivity index (χ3n) is 8.83. The number of esters is 3. The Hall–Kier alpha value is -6.02. The van der Waals surface area contributed by atoms with E-state index in [0.29, 0.717) is 12.8 Å². The highest BCUT2D eigenvalue weighted by Gasteiger charge is 2.20. The van der Waals surface area contributed by atoms with Crippen molar-refractivity contribution in [2.24, 2.45) is 0 Å². The van der Waals surface area contributed by atoms with E-state index in [-0.39, 0.29) is 37.3 Å². The van der Waals surface area contributed by atoms with Crippen LogP contribution >= 0.6 is 0 Å². The van der Waals surface area contributed by atoms with E-state index >= 15 is 0 Å². The Labute approximate surface area is 385 Å². The van der Waals surface area contributed by atoms with Crippen molar-refractivity contribution in [1.82, 2.24) is 5.32 Å². The van der Waals surface area contributed by atoms with Crippen molar-refractivity contribution in [3.63, 3.8) is 0 Å². The lowest BCUT2D eigenvalue weighted by atomic mass is 10.2. The summed E-state index contributed by atoms with van der Waals surface area (Å²) in [5.74, 6) is -1.90. The maximum Gasteiger partial charge on any atom is 0.308 e. The zero-order chi connectivity index (χ0) is 46.4. The summed E-state index contributed by atoms with van der Waals surface area (Å²) in [5.41, 5.74) is 0.147. The van der Waals surface area contributed by atoms with E-state index in [4.69, 9.17) is 14.2 Å². The SMILES string of the molecule is CC/C=C\C/C=C\C/C=C\C/C=C\C/C=C\C/C=C\CCC(=O)OCC(CNC(=O)c1ccccc1OC(C)=O)OC(=O)CC/C=C\C/C=C\C/C=C\C/C=C\C/C=C\C/C=C\CC. The van der Waals surface area contributed by atoms with Gasteiger partial charge in [0.25, 0.3) is 5.91 Å². The molecule has 0 aliphatic rings. The molecule has 346 valence electrons. The van der Waals surface area contributed by atoms with Crippen molar-refractivity contribution in [2.45, 2.75) is 130 Å². The second-order valence-electron chi connectivity index (χ2n) is 14.5. The zero-order valence-electron chi connectivity index (χ0n) is 38.8. The summed E-state index contributed by atoms with van der Waals surface area (Å²) in [6.45, 7) is 5.19. The zero-order valence-corrected chi connectivity index (χ0v) is 38.8. The van der Waals surface area contributed by atoms with Crippen molar-refractivity contribution in [3.8, 4) is 5.75 Å². The minimum absolute atomic E-state index is 0.109. The van der Waals surface area contributed by atoms with Crippen LogP contribution in [0.5, 0.6) is 5.75 Å². The summed E-state index contributed by atoms with van der Waals surface area (Å²) in [7, 11) is 0. The predicted octanol–water partition coefficient (Wildman–Crippen LogP) is 13.8. The molecule has 8 heteroatoms. The molecule has 1 atom stereocenters. The van der Waals surface area contributed by atoms with Crippen LogP contribution in [-0.4, -0.2) is 43.1 Å². The van der Waals surface area contributed by atoms with E-state index in [2.05, 4.69) is 141 Å². The monoisotopic (exact) mass is 874 g/mol. The van der Waals surface area contributed by atoms with E-state index in [1.165, 1.54) is 19.1 Å². The molecule has 1 amide bonds. The first-order chi connectivity index (χ1) is 31.4. The molecule has 0 heterocycles. The Morgan fingerprint density at radius 2 is 0.859 bits per heavy atom. The van der Waals surface area contributed by atoms with Gasteiger partial charge in [-0.2, -0.15) is 0 Å². The fourth-order valence-corrected chi connectivity index (χ4v) is 5.52. The summed E-state index contributed by atoms with van der Waals surface area (Å²) in [6, 6.07) is 6.34. The molecule has 8 nitrogen and oxygen atoms in total. The van der Waals surface area contributed by atoms with E-state index in [0.717, 1.165) is 77.0 Å². The topological polar surface area (TPSA) is 108 Å². The van der Waals surface area contributed by atoms with E-state index < -0.39 is 29.9 Å². The van der Waals surface area contributed by atoms with Gasteiger partial charge in [0.15, 0.2) is 6.10 Å². The number of para-hydroxylation sites is 1. The average Bonchev–Trinajstić information content (AvgIpc) is 3.28. The number of hydrogen-bond donors (Lipinski definition) is 1. The van der Waals surface area contributed by atoms with Gasteiger partial charge >= 0.3 is 17.9 Å². The molecule has 0 saturated carbocycles. The molecular weight excluding hydrogens is 799 g/mol. The highest BCUT2D eigenvalue weighted by molar-refractivity contribution is 5.97. The van der Waals surface area contributed by atoms with Crippen LogP contribution in [0.1, 0.15) is 134 Å². The van der Waals surface area contributed by atoms with Crippen LogP contribution in [-0.2, 0) is 23.9 Å². The van der Waals surface area contributed by atoms with Gasteiger partial charge in [-0.25, -0.2) is 0 Å². The summed E-state index contributed by atoms with van der Waals surface area (Å²) >= 11 is 0. The van der Waals surface area contributed by atoms with Crippen molar-refractivity contribution in [2.75, 3.05) is 13.2 Å². The largest absolute Gasteiger partial charge is 0.462 e. The number of nitrogens with one attached hydrogen (secondary N) is 1. The molecule has 1 aromatic rings. The van der Waals surface area contributed by atoms with Gasteiger partial charge in [-0.05, 0) is 102 Å². The number of carbonyl (C=O) groups is 4. The van der Waals surface area contributed by atoms with Crippen LogP contribution in [0.2, 0.25) is 0 Å². The molecular formula is C56H75NO7. The summed E-state index contributed by atoms with van der Waals surface area (Å²) < 4.78 is 16.3. The van der Waals surface area contributed by atoms with Crippen LogP contribution < -0.4 is 10.1 Å². The minimum atomic E-state index is -0.919. The smallest absolute Gasteiger partial charge is 0.308 e. The summed E-state index contributed by atoms with van der Waals surface area (Å²) in [6.07, 6.45) is 62.6. The third-order valence-corrected chi connectivity index (χ3v) is 8.83. The predicted molar refractivity (Wildman–Crippen MR) is 266 cm³/mol. The van der Waals surface area contributed by atoms with Gasteiger partial charge in [-0.3, -0.25) is 19.2 Å². The number of rotatable bonds is 35. The number of carbonyl (C=O) groups excluding carboxylic acids is 4. The number of benzene rings is 1. The van der Waals surface area contributed by atoms with Gasteiger partial charge in [0.2, 0.25) is 0 Å². The maximum atomic E-state index is 13.0. The molecule has 1 N–H and O–H groups in total. The Morgan fingerprint density at radius 3 is 1.25 bits per heavy atom. The molecule has 1 rings (SSSR count). The maximum absolute atomic E-state index is 13.0. The standard InChI is InChI=1S/C56H75NO7/c1-4-6-8-10-12-14-16-18-20-22-24-26-28-30-32-34-36-38-40-46-54(59)62-49-51(48-57-56(61)52-44-42-43-45-53(52)63-50(3)58)64-55(60)47-41-39-37-35-33-31-29-27-25-23-21-19-17-15-13-11-9-7-5-2/h6-9,12-15,18-21,24-27,30-33,36-39,42-45,51H,4-5,10-11,16-17,22-23,28-29,34-35,40-41,46-49H2,1-3H3,(H,57,61)/b8-6-,9-7-,14-12-,15-13-,20-18-,21-19-,26-24-,27-25-,32-30-,33-31-,38-36-,39-37-. The first-order valence-electron chi connectivity index (χ1n) is 23.1. The van der Waals surface area contributed by atoms with Crippen LogP contribution in [0.3, 0.4) is 0 Å². The fourth-order valence-electron chi connectivity index (χ4n) is 5.52. The Bertz CT molecular complexity index is 1800. The number of hydrogen-bond acceptors (Lipinski definition) is 7. The van der Waals surface area contributed by atoms with Crippen molar-refractivity contribution >= 4 is 23.8 Å². The number of amides is 1. The van der Waals surface area contributed by atoms with Crippen molar-refractivity contribution in [3.05, 3.63) is 176 Å². The average molecular weight is 874 g/mol. The molecule has 64 heavy (non-hydrogen) atoms. The van der Waals surface area contributed by atoms with Crippen LogP contribution in [0, 0.1) is 0 Å². The highest BCUT2D eigenvalue weighted by atomic mass is 16.6. The van der Waals surface area contributed by atoms with Crippen molar-refractivity contribution < 1.29 is 33.4 Å². The van der Waals surface area contributed by atoms with Gasteiger partial charge in [0, 0.05) is 19.8 Å². The molecule has 0 radical (unpaired) electrons. The summed E-state index contributed by atoms with van der Waals surface area (Å²) in [5, 5.41) is 2.72. The Morgan fingerprint density at radius 1 is 0.500 bits per heavy atom. The lowest BCUT2D eigenvalue weighted by Gasteiger charge is -2.19. The first-order valence-corrected chi connectivity index (χ1v) is 23.1. The molecule has 0 aromatic heterocycles. The Kier molecular flexibility index (Phi) is 37.0. The third kappa shape index (κ3) is 35.6. The molecule has 0 fully saturated rings. The lowest BCUT2D eigenvalue weighted by Crippen LogP contribution is -2.38. The highest BCUT2D eigenvalue weighted by Crippen LogP contribution is 2.18. The van der Waals surface area contributed by atoms with Gasteiger partial charge in [-0.15, -0.1) is 0 Å². The molecule has 0 aliphatic heterocycles. The van der Waals surface area contributed by atoms with Crippen LogP contribution in [0.4, 0.5) is 0 Å². The quantitative estimate of drug-likeness (QED) is 0.0411. The van der Waals surface area contributed by atoms with Crippen LogP contribution in [0.25, 0.3) is 0 Å². The van der Waals surface area contributed by atoms with Gasteiger partial charge in [0.05, 0.1) is 12.1 Å². The number of ether oxygens (including phenoxy) is 3. The van der Waals surface area contributed by atoms with E-state index in [1.54, 1.807) is 12.1 Å².